The maximum absolute atomic E-state index is 13.2. The Morgan fingerprint density at radius 1 is 1.06 bits per heavy atom. The Bertz CT molecular complexity index is 1400. The van der Waals surface area contributed by atoms with E-state index >= 15 is 0 Å². The lowest BCUT2D eigenvalue weighted by molar-refractivity contribution is 0.599. The van der Waals surface area contributed by atoms with Crippen molar-refractivity contribution in [1.82, 2.24) is 19.6 Å². The normalized spacial score (nSPS) is 11.7. The number of nitrogens with zero attached hydrogens (tertiary/aromatic N) is 4. The Kier molecular flexibility index (Phi) is 6.35. The highest BCUT2D eigenvalue weighted by molar-refractivity contribution is 9.10. The Morgan fingerprint density at radius 2 is 1.78 bits per heavy atom. The van der Waals surface area contributed by atoms with Crippen molar-refractivity contribution in [3.63, 3.8) is 0 Å². The van der Waals surface area contributed by atoms with Crippen LogP contribution in [0.2, 0.25) is 10.0 Å². The number of nitrogens with one attached hydrogen (secondary N) is 1. The van der Waals surface area contributed by atoms with Crippen LogP contribution < -0.4 is 4.72 Å². The SMILES string of the molecule is Cc1nn(-c2ccccc2)c(C)c1S(=O)(=O)Nc1nn(Cc2ccc(Cl)cc2Cl)cc1Br. The second kappa shape index (κ2) is 8.90. The Morgan fingerprint density at radius 3 is 2.47 bits per heavy atom. The van der Waals surface area contributed by atoms with Crippen LogP contribution in [0, 0.1) is 13.8 Å². The molecule has 0 saturated heterocycles. The Balaban J connectivity index is 1.63. The van der Waals surface area contributed by atoms with Crippen LogP contribution in [0.1, 0.15) is 17.0 Å². The highest BCUT2D eigenvalue weighted by Crippen LogP contribution is 2.28. The largest absolute Gasteiger partial charge is 0.266 e. The molecule has 2 heterocycles. The van der Waals surface area contributed by atoms with Gasteiger partial charge in [-0.2, -0.15) is 10.2 Å². The smallest absolute Gasteiger partial charge is 0.265 e. The van der Waals surface area contributed by atoms with Gasteiger partial charge in [-0.05, 0) is 59.6 Å². The zero-order valence-electron chi connectivity index (χ0n) is 17.1. The van der Waals surface area contributed by atoms with Gasteiger partial charge in [0.25, 0.3) is 10.0 Å². The average molecular weight is 555 g/mol. The van der Waals surface area contributed by atoms with Crippen LogP contribution in [-0.4, -0.2) is 28.0 Å². The molecule has 1 N–H and O–H groups in total. The number of benzene rings is 2. The highest BCUT2D eigenvalue weighted by atomic mass is 79.9. The van der Waals surface area contributed by atoms with E-state index in [1.165, 1.54) is 0 Å². The van der Waals surface area contributed by atoms with Gasteiger partial charge in [0.1, 0.15) is 4.90 Å². The molecule has 32 heavy (non-hydrogen) atoms. The van der Waals surface area contributed by atoms with E-state index in [1.54, 1.807) is 47.6 Å². The van der Waals surface area contributed by atoms with Gasteiger partial charge in [-0.15, -0.1) is 0 Å². The zero-order chi connectivity index (χ0) is 23.0. The van der Waals surface area contributed by atoms with Crippen LogP contribution in [0.25, 0.3) is 5.69 Å². The lowest BCUT2D eigenvalue weighted by atomic mass is 10.2. The minimum Gasteiger partial charge on any atom is -0.265 e. The fraction of sp³-hybridized carbons (Fsp3) is 0.143. The summed E-state index contributed by atoms with van der Waals surface area (Å²) >= 11 is 15.6. The molecule has 0 spiro atoms. The second-order valence-corrected chi connectivity index (χ2v) is 10.4. The van der Waals surface area contributed by atoms with Crippen molar-refractivity contribution in [2.45, 2.75) is 25.3 Å². The third kappa shape index (κ3) is 4.56. The summed E-state index contributed by atoms with van der Waals surface area (Å²) in [4.78, 5) is 0.114. The fourth-order valence-corrected chi connectivity index (χ4v) is 5.81. The van der Waals surface area contributed by atoms with Crippen LogP contribution in [0.5, 0.6) is 0 Å². The molecule has 4 rings (SSSR count). The number of halogens is 3. The monoisotopic (exact) mass is 553 g/mol. The molecule has 0 bridgehead atoms. The quantitative estimate of drug-likeness (QED) is 0.336. The number of rotatable bonds is 6. The van der Waals surface area contributed by atoms with Gasteiger partial charge in [-0.1, -0.05) is 47.5 Å². The van der Waals surface area contributed by atoms with Gasteiger partial charge in [0, 0.05) is 16.2 Å². The van der Waals surface area contributed by atoms with E-state index in [1.807, 2.05) is 30.3 Å². The first-order chi connectivity index (χ1) is 15.2. The molecule has 0 unspecified atom stereocenters. The summed E-state index contributed by atoms with van der Waals surface area (Å²) in [5, 5.41) is 9.83. The summed E-state index contributed by atoms with van der Waals surface area (Å²) in [5.74, 6) is 0.168. The van der Waals surface area contributed by atoms with E-state index < -0.39 is 10.0 Å². The van der Waals surface area contributed by atoms with Crippen molar-refractivity contribution in [2.75, 3.05) is 4.72 Å². The fourth-order valence-electron chi connectivity index (χ4n) is 3.39. The van der Waals surface area contributed by atoms with Crippen LogP contribution in [0.15, 0.2) is 64.1 Å². The first-order valence-corrected chi connectivity index (χ1v) is 12.5. The molecule has 166 valence electrons. The Hall–Kier alpha value is -2.33. The molecular formula is C21H18BrCl2N5O2S. The molecule has 0 aliphatic rings. The van der Waals surface area contributed by atoms with Crippen molar-refractivity contribution in [3.05, 3.63) is 86.2 Å². The number of sulfonamides is 1. The molecule has 0 atom stereocenters. The number of aromatic nitrogens is 4. The van der Waals surface area contributed by atoms with E-state index in [2.05, 4.69) is 30.8 Å². The number of hydrogen-bond acceptors (Lipinski definition) is 4. The van der Waals surface area contributed by atoms with Gasteiger partial charge >= 0.3 is 0 Å². The Labute approximate surface area is 204 Å². The molecule has 0 fully saturated rings. The summed E-state index contributed by atoms with van der Waals surface area (Å²) < 4.78 is 32.7. The van der Waals surface area contributed by atoms with Gasteiger partial charge in [-0.25, -0.2) is 13.1 Å². The van der Waals surface area contributed by atoms with Crippen LogP contribution in [0.4, 0.5) is 5.82 Å². The summed E-state index contributed by atoms with van der Waals surface area (Å²) in [6, 6.07) is 14.5. The minimum atomic E-state index is -3.94. The molecule has 2 aromatic carbocycles. The van der Waals surface area contributed by atoms with E-state index in [0.29, 0.717) is 32.5 Å². The number of para-hydroxylation sites is 1. The van der Waals surface area contributed by atoms with Gasteiger partial charge in [0.05, 0.1) is 28.1 Å². The topological polar surface area (TPSA) is 81.8 Å². The lowest BCUT2D eigenvalue weighted by Gasteiger charge is -2.08. The predicted octanol–water partition coefficient (Wildman–Crippen LogP) is 5.60. The summed E-state index contributed by atoms with van der Waals surface area (Å²) in [6.07, 6.45) is 1.68. The van der Waals surface area contributed by atoms with Crippen molar-refractivity contribution in [1.29, 1.82) is 0 Å². The molecule has 2 aromatic heterocycles. The summed E-state index contributed by atoms with van der Waals surface area (Å²) in [7, 11) is -3.94. The van der Waals surface area contributed by atoms with Crippen LogP contribution >= 0.6 is 39.1 Å². The number of aryl methyl sites for hydroxylation is 1. The first kappa shape index (κ1) is 22.8. The van der Waals surface area contributed by atoms with Gasteiger partial charge in [0.2, 0.25) is 0 Å². The number of anilines is 1. The van der Waals surface area contributed by atoms with E-state index in [0.717, 1.165) is 11.3 Å². The third-order valence-corrected chi connectivity index (χ3v) is 7.55. The lowest BCUT2D eigenvalue weighted by Crippen LogP contribution is -2.16. The number of hydrogen-bond donors (Lipinski definition) is 1. The van der Waals surface area contributed by atoms with Gasteiger partial charge in [-0.3, -0.25) is 9.40 Å². The first-order valence-electron chi connectivity index (χ1n) is 9.47. The van der Waals surface area contributed by atoms with Crippen molar-refractivity contribution in [2.24, 2.45) is 0 Å². The highest BCUT2D eigenvalue weighted by Gasteiger charge is 2.27. The van der Waals surface area contributed by atoms with Gasteiger partial charge in [0.15, 0.2) is 5.82 Å². The zero-order valence-corrected chi connectivity index (χ0v) is 21.0. The average Bonchev–Trinajstić information content (AvgIpc) is 3.22. The van der Waals surface area contributed by atoms with Crippen molar-refractivity contribution >= 4 is 55.0 Å². The molecule has 4 aromatic rings. The van der Waals surface area contributed by atoms with E-state index in [9.17, 15) is 8.42 Å². The molecule has 11 heteroatoms. The maximum Gasteiger partial charge on any atom is 0.266 e. The standard InChI is InChI=1S/C21H18BrCl2N5O2S/c1-13-20(14(2)29(25-13)17-6-4-3-5-7-17)32(30,31)27-21-18(22)12-28(26-21)11-15-8-9-16(23)10-19(15)24/h3-10,12H,11H2,1-2H3,(H,26,27). The van der Waals surface area contributed by atoms with Gasteiger partial charge < -0.3 is 0 Å². The minimum absolute atomic E-state index is 0.114. The third-order valence-electron chi connectivity index (χ3n) is 4.79. The predicted molar refractivity (Wildman–Crippen MR) is 129 cm³/mol. The van der Waals surface area contributed by atoms with E-state index in [-0.39, 0.29) is 10.7 Å². The maximum atomic E-state index is 13.2. The van der Waals surface area contributed by atoms with Crippen molar-refractivity contribution < 1.29 is 8.42 Å². The molecule has 0 saturated carbocycles. The second-order valence-electron chi connectivity index (χ2n) is 7.11. The summed E-state index contributed by atoms with van der Waals surface area (Å²) in [6.45, 7) is 3.73. The molecular weight excluding hydrogens is 537 g/mol. The van der Waals surface area contributed by atoms with E-state index in [4.69, 9.17) is 23.2 Å². The summed E-state index contributed by atoms with van der Waals surface area (Å²) in [5.41, 5.74) is 2.48. The molecule has 0 aliphatic carbocycles. The van der Waals surface area contributed by atoms with Crippen molar-refractivity contribution in [3.8, 4) is 5.69 Å². The molecule has 7 nitrogen and oxygen atoms in total. The molecule has 0 radical (unpaired) electrons. The molecule has 0 amide bonds. The van der Waals surface area contributed by atoms with Crippen LogP contribution in [-0.2, 0) is 16.6 Å². The van der Waals surface area contributed by atoms with Crippen LogP contribution in [0.3, 0.4) is 0 Å². The molecule has 0 aliphatic heterocycles.